The molecule has 3 aromatic rings. The number of furan rings is 1. The van der Waals surface area contributed by atoms with Crippen molar-refractivity contribution in [1.29, 1.82) is 0 Å². The molecule has 1 aromatic carbocycles. The molecule has 0 saturated carbocycles. The van der Waals surface area contributed by atoms with Gasteiger partial charge in [0, 0.05) is 33.1 Å². The Hall–Kier alpha value is -3.16. The number of aromatic amines is 1. The summed E-state index contributed by atoms with van der Waals surface area (Å²) in [5.41, 5.74) is 0.890. The van der Waals surface area contributed by atoms with Gasteiger partial charge in [0.05, 0.1) is 6.26 Å². The molecule has 27 heavy (non-hydrogen) atoms. The van der Waals surface area contributed by atoms with Crippen molar-refractivity contribution in [3.63, 3.8) is 0 Å². The highest BCUT2D eigenvalue weighted by atomic mass is 19.1. The molecule has 0 fully saturated rings. The van der Waals surface area contributed by atoms with Gasteiger partial charge in [-0.05, 0) is 36.8 Å². The molecular weight excluding hydrogens is 347 g/mol. The first kappa shape index (κ1) is 18.6. The molecule has 0 spiro atoms. The molecule has 2 aromatic heterocycles. The molecule has 0 bridgehead atoms. The number of halogens is 1. The molecule has 0 atom stereocenters. The van der Waals surface area contributed by atoms with Crippen LogP contribution in [-0.4, -0.2) is 46.2 Å². The maximum atomic E-state index is 13.4. The fraction of sp³-hybridized carbons (Fsp3) is 0.316. The summed E-state index contributed by atoms with van der Waals surface area (Å²) in [7, 11) is 1.93. The lowest BCUT2D eigenvalue weighted by atomic mass is 10.2. The van der Waals surface area contributed by atoms with Gasteiger partial charge in [-0.1, -0.05) is 12.1 Å². The third kappa shape index (κ3) is 5.16. The van der Waals surface area contributed by atoms with Gasteiger partial charge >= 0.3 is 0 Å². The van der Waals surface area contributed by atoms with Crippen LogP contribution in [-0.2, 0) is 13.0 Å². The molecule has 0 amide bonds. The second-order valence-corrected chi connectivity index (χ2v) is 6.05. The van der Waals surface area contributed by atoms with Gasteiger partial charge in [0.15, 0.2) is 11.7 Å². The highest BCUT2D eigenvalue weighted by molar-refractivity contribution is 5.79. The molecular formula is C19H23FN6O. The van der Waals surface area contributed by atoms with Crippen molar-refractivity contribution in [2.75, 3.05) is 20.1 Å². The Labute approximate surface area is 157 Å². The number of rotatable bonds is 7. The van der Waals surface area contributed by atoms with E-state index in [1.807, 2.05) is 31.0 Å². The minimum absolute atomic E-state index is 0.236. The van der Waals surface area contributed by atoms with Crippen LogP contribution in [0, 0.1) is 5.82 Å². The van der Waals surface area contributed by atoms with Crippen LogP contribution in [0.1, 0.15) is 18.3 Å². The van der Waals surface area contributed by atoms with Gasteiger partial charge in [-0.3, -0.25) is 10.1 Å². The summed E-state index contributed by atoms with van der Waals surface area (Å²) in [6.45, 7) is 3.87. The van der Waals surface area contributed by atoms with Gasteiger partial charge in [-0.25, -0.2) is 9.37 Å². The van der Waals surface area contributed by atoms with Crippen LogP contribution in [0.25, 0.3) is 11.6 Å². The van der Waals surface area contributed by atoms with E-state index in [4.69, 9.17) is 4.42 Å². The smallest absolute Gasteiger partial charge is 0.216 e. The Balaban J connectivity index is 1.60. The van der Waals surface area contributed by atoms with Crippen LogP contribution in [0.5, 0.6) is 0 Å². The number of hydrogen-bond donors (Lipinski definition) is 2. The topological polar surface area (TPSA) is 82.3 Å². The quantitative estimate of drug-likeness (QED) is 0.494. The number of benzene rings is 1. The lowest BCUT2D eigenvalue weighted by Crippen LogP contribution is -2.38. The number of nitrogens with one attached hydrogen (secondary N) is 2. The van der Waals surface area contributed by atoms with E-state index in [1.165, 1.54) is 12.1 Å². The first-order chi connectivity index (χ1) is 13.2. The van der Waals surface area contributed by atoms with Crippen LogP contribution < -0.4 is 5.32 Å². The second-order valence-electron chi connectivity index (χ2n) is 6.05. The Kier molecular flexibility index (Phi) is 6.19. The monoisotopic (exact) mass is 370 g/mol. The molecule has 0 saturated heterocycles. The normalized spacial score (nSPS) is 11.6. The Morgan fingerprint density at radius 2 is 2.22 bits per heavy atom. The number of nitrogens with zero attached hydrogens (tertiary/aromatic N) is 4. The maximum absolute atomic E-state index is 13.4. The molecule has 0 aliphatic carbocycles. The van der Waals surface area contributed by atoms with E-state index in [9.17, 15) is 4.39 Å². The van der Waals surface area contributed by atoms with E-state index in [0.717, 1.165) is 23.9 Å². The van der Waals surface area contributed by atoms with E-state index in [2.05, 4.69) is 25.5 Å². The van der Waals surface area contributed by atoms with Crippen molar-refractivity contribution in [2.45, 2.75) is 19.9 Å². The number of aliphatic imine (C=N–C) groups is 1. The largest absolute Gasteiger partial charge is 0.461 e. The van der Waals surface area contributed by atoms with Crippen molar-refractivity contribution in [1.82, 2.24) is 25.4 Å². The van der Waals surface area contributed by atoms with E-state index in [0.29, 0.717) is 31.1 Å². The van der Waals surface area contributed by atoms with E-state index >= 15 is 0 Å². The SMILES string of the molecule is CCNC(=NCCc1nc(-c2ccco2)n[nH]1)N(C)Cc1cccc(F)c1. The molecule has 0 aliphatic rings. The first-order valence-electron chi connectivity index (χ1n) is 8.84. The minimum Gasteiger partial charge on any atom is -0.461 e. The van der Waals surface area contributed by atoms with Gasteiger partial charge in [0.25, 0.3) is 0 Å². The zero-order chi connectivity index (χ0) is 19.1. The lowest BCUT2D eigenvalue weighted by Gasteiger charge is -2.22. The van der Waals surface area contributed by atoms with Gasteiger partial charge in [-0.2, -0.15) is 5.10 Å². The number of hydrogen-bond acceptors (Lipinski definition) is 4. The third-order valence-corrected chi connectivity index (χ3v) is 3.89. The fourth-order valence-electron chi connectivity index (χ4n) is 2.64. The molecule has 8 heteroatoms. The minimum atomic E-state index is -0.236. The van der Waals surface area contributed by atoms with Gasteiger partial charge in [0.1, 0.15) is 11.6 Å². The summed E-state index contributed by atoms with van der Waals surface area (Å²) in [5.74, 6) is 2.43. The summed E-state index contributed by atoms with van der Waals surface area (Å²) in [6.07, 6.45) is 2.21. The molecule has 0 radical (unpaired) electrons. The molecule has 0 aliphatic heterocycles. The first-order valence-corrected chi connectivity index (χ1v) is 8.84. The van der Waals surface area contributed by atoms with Crippen LogP contribution in [0.4, 0.5) is 4.39 Å². The molecule has 2 N–H and O–H groups in total. The maximum Gasteiger partial charge on any atom is 0.216 e. The second kappa shape index (κ2) is 8.98. The average molecular weight is 370 g/mol. The standard InChI is InChI=1S/C19H23FN6O/c1-3-21-19(26(2)13-14-6-4-7-15(20)12-14)22-10-9-17-23-18(25-24-17)16-8-5-11-27-16/h4-8,11-12H,3,9-10,13H2,1-2H3,(H,21,22)(H,23,24,25). The summed E-state index contributed by atoms with van der Waals surface area (Å²) in [4.78, 5) is 11.0. The fourth-order valence-corrected chi connectivity index (χ4v) is 2.64. The van der Waals surface area contributed by atoms with E-state index < -0.39 is 0 Å². The predicted molar refractivity (Wildman–Crippen MR) is 102 cm³/mol. The Morgan fingerprint density at radius 1 is 1.33 bits per heavy atom. The Bertz CT molecular complexity index is 874. The molecule has 7 nitrogen and oxygen atoms in total. The van der Waals surface area contributed by atoms with Crippen molar-refractivity contribution >= 4 is 5.96 Å². The zero-order valence-electron chi connectivity index (χ0n) is 15.4. The Morgan fingerprint density at radius 3 is 2.96 bits per heavy atom. The van der Waals surface area contributed by atoms with E-state index in [-0.39, 0.29) is 5.82 Å². The lowest BCUT2D eigenvalue weighted by molar-refractivity contribution is 0.475. The van der Waals surface area contributed by atoms with Crippen LogP contribution >= 0.6 is 0 Å². The van der Waals surface area contributed by atoms with Crippen molar-refractivity contribution in [3.8, 4) is 11.6 Å². The highest BCUT2D eigenvalue weighted by Crippen LogP contribution is 2.14. The van der Waals surface area contributed by atoms with E-state index in [1.54, 1.807) is 18.4 Å². The third-order valence-electron chi connectivity index (χ3n) is 3.89. The zero-order valence-corrected chi connectivity index (χ0v) is 15.4. The van der Waals surface area contributed by atoms with Crippen molar-refractivity contribution in [2.24, 2.45) is 4.99 Å². The van der Waals surface area contributed by atoms with Crippen LogP contribution in [0.3, 0.4) is 0 Å². The summed E-state index contributed by atoms with van der Waals surface area (Å²) in [5, 5.41) is 10.3. The molecule has 2 heterocycles. The predicted octanol–water partition coefficient (Wildman–Crippen LogP) is 2.84. The molecule has 0 unspecified atom stereocenters. The number of guanidine groups is 1. The molecule has 142 valence electrons. The van der Waals surface area contributed by atoms with Gasteiger partial charge in [0.2, 0.25) is 5.82 Å². The summed E-state index contributed by atoms with van der Waals surface area (Å²) >= 11 is 0. The van der Waals surface area contributed by atoms with Crippen molar-refractivity contribution < 1.29 is 8.81 Å². The van der Waals surface area contributed by atoms with Gasteiger partial charge in [-0.15, -0.1) is 0 Å². The molecule has 3 rings (SSSR count). The average Bonchev–Trinajstić information content (AvgIpc) is 3.32. The van der Waals surface area contributed by atoms with Crippen LogP contribution in [0.2, 0.25) is 0 Å². The number of H-pyrrole nitrogens is 1. The highest BCUT2D eigenvalue weighted by Gasteiger charge is 2.09. The number of aromatic nitrogens is 3. The van der Waals surface area contributed by atoms with Gasteiger partial charge < -0.3 is 14.6 Å². The van der Waals surface area contributed by atoms with Crippen LogP contribution in [0.15, 0.2) is 52.1 Å². The summed E-state index contributed by atoms with van der Waals surface area (Å²) in [6, 6.07) is 10.2. The summed E-state index contributed by atoms with van der Waals surface area (Å²) < 4.78 is 18.7. The van der Waals surface area contributed by atoms with Crippen molar-refractivity contribution in [3.05, 3.63) is 59.9 Å².